The lowest BCUT2D eigenvalue weighted by atomic mass is 10.2. The fourth-order valence-electron chi connectivity index (χ4n) is 2.55. The molecule has 11 nitrogen and oxygen atoms in total. The van der Waals surface area contributed by atoms with Gasteiger partial charge in [-0.05, 0) is 35.9 Å². The van der Waals surface area contributed by atoms with Crippen LogP contribution >= 0.6 is 11.6 Å². The fraction of sp³-hybridized carbons (Fsp3) is 0.0476. The molecule has 12 heteroatoms. The van der Waals surface area contributed by atoms with Crippen LogP contribution in [0.15, 0.2) is 71.8 Å². The Balaban J connectivity index is 1.62. The number of hydrazone groups is 1. The van der Waals surface area contributed by atoms with Crippen molar-refractivity contribution in [3.8, 4) is 17.2 Å². The number of rotatable bonds is 9. The maximum Gasteiger partial charge on any atom is 0.318 e. The lowest BCUT2D eigenvalue weighted by Crippen LogP contribution is -2.24. The molecule has 1 amide bonds. The van der Waals surface area contributed by atoms with Crippen molar-refractivity contribution in [3.05, 3.63) is 97.5 Å². The predicted octanol–water partition coefficient (Wildman–Crippen LogP) is 4.48. The number of para-hydroxylation sites is 1. The van der Waals surface area contributed by atoms with Gasteiger partial charge in [-0.15, -0.1) is 0 Å². The number of nitro groups is 2. The molecule has 33 heavy (non-hydrogen) atoms. The van der Waals surface area contributed by atoms with E-state index in [9.17, 15) is 25.0 Å². The van der Waals surface area contributed by atoms with Crippen molar-refractivity contribution in [2.24, 2.45) is 5.10 Å². The molecule has 0 aliphatic rings. The zero-order valence-electron chi connectivity index (χ0n) is 16.7. The minimum Gasteiger partial charge on any atom is -0.482 e. The standard InChI is InChI=1S/C21H15ClN4O7/c22-17-6-1-2-7-19(17)32-13-21(27)24-23-12-14-4-3-5-16(10-14)33-20-9-8-15(25(28)29)11-18(20)26(30)31/h1-12H,13H2,(H,24,27)/b23-12-. The van der Waals surface area contributed by atoms with Crippen LogP contribution in [0.5, 0.6) is 17.2 Å². The van der Waals surface area contributed by atoms with Crippen LogP contribution in [-0.2, 0) is 4.79 Å². The SMILES string of the molecule is O=C(COc1ccccc1Cl)N/N=C\c1cccc(Oc2ccc([N+](=O)[O-])cc2[N+](=O)[O-])c1. The number of carbonyl (C=O) groups is 1. The summed E-state index contributed by atoms with van der Waals surface area (Å²) in [6, 6.07) is 16.1. The predicted molar refractivity (Wildman–Crippen MR) is 119 cm³/mol. The summed E-state index contributed by atoms with van der Waals surface area (Å²) in [5.41, 5.74) is 1.84. The van der Waals surface area contributed by atoms with E-state index in [2.05, 4.69) is 10.5 Å². The number of halogens is 1. The van der Waals surface area contributed by atoms with Crippen LogP contribution in [-0.4, -0.2) is 28.6 Å². The third kappa shape index (κ3) is 6.48. The highest BCUT2D eigenvalue weighted by atomic mass is 35.5. The first kappa shape index (κ1) is 23.2. The minimum atomic E-state index is -0.770. The number of amides is 1. The van der Waals surface area contributed by atoms with Crippen molar-refractivity contribution in [2.45, 2.75) is 0 Å². The summed E-state index contributed by atoms with van der Waals surface area (Å²) < 4.78 is 10.8. The maximum absolute atomic E-state index is 11.9. The second-order valence-electron chi connectivity index (χ2n) is 6.35. The molecule has 0 atom stereocenters. The quantitative estimate of drug-likeness (QED) is 0.275. The van der Waals surface area contributed by atoms with E-state index in [4.69, 9.17) is 21.1 Å². The lowest BCUT2D eigenvalue weighted by Gasteiger charge is -2.07. The first-order valence-electron chi connectivity index (χ1n) is 9.23. The van der Waals surface area contributed by atoms with E-state index >= 15 is 0 Å². The summed E-state index contributed by atoms with van der Waals surface area (Å²) in [5, 5.41) is 26.3. The molecule has 0 aliphatic carbocycles. The number of nitrogens with zero attached hydrogens (tertiary/aromatic N) is 3. The largest absolute Gasteiger partial charge is 0.482 e. The van der Waals surface area contributed by atoms with Gasteiger partial charge in [0.1, 0.15) is 11.5 Å². The highest BCUT2D eigenvalue weighted by Gasteiger charge is 2.21. The number of nitro benzene ring substituents is 2. The van der Waals surface area contributed by atoms with E-state index in [1.54, 1.807) is 42.5 Å². The molecular formula is C21H15ClN4O7. The maximum atomic E-state index is 11.9. The number of hydrogen-bond acceptors (Lipinski definition) is 8. The van der Waals surface area contributed by atoms with E-state index in [1.807, 2.05) is 0 Å². The second-order valence-corrected chi connectivity index (χ2v) is 6.76. The van der Waals surface area contributed by atoms with Gasteiger partial charge in [0, 0.05) is 6.07 Å². The summed E-state index contributed by atoms with van der Waals surface area (Å²) in [7, 11) is 0. The fourth-order valence-corrected chi connectivity index (χ4v) is 2.74. The Labute approximate surface area is 191 Å². The molecule has 1 N–H and O–H groups in total. The molecule has 3 aromatic rings. The Bertz CT molecular complexity index is 1230. The smallest absolute Gasteiger partial charge is 0.318 e. The Morgan fingerprint density at radius 2 is 1.79 bits per heavy atom. The number of nitrogens with one attached hydrogen (secondary N) is 1. The van der Waals surface area contributed by atoms with Crippen LogP contribution < -0.4 is 14.9 Å². The molecule has 0 unspecified atom stereocenters. The molecule has 3 rings (SSSR count). The number of hydrogen-bond donors (Lipinski definition) is 1. The average Bonchev–Trinajstić information content (AvgIpc) is 2.79. The monoisotopic (exact) mass is 470 g/mol. The molecule has 0 aliphatic heterocycles. The summed E-state index contributed by atoms with van der Waals surface area (Å²) in [6.07, 6.45) is 1.34. The first-order chi connectivity index (χ1) is 15.8. The van der Waals surface area contributed by atoms with Crippen molar-refractivity contribution < 1.29 is 24.1 Å². The van der Waals surface area contributed by atoms with Crippen LogP contribution in [0, 0.1) is 20.2 Å². The number of non-ortho nitro benzene ring substituents is 1. The van der Waals surface area contributed by atoms with Crippen LogP contribution in [0.25, 0.3) is 0 Å². The Hall–Kier alpha value is -4.51. The normalized spacial score (nSPS) is 10.6. The van der Waals surface area contributed by atoms with Gasteiger partial charge in [0.25, 0.3) is 11.6 Å². The van der Waals surface area contributed by atoms with Gasteiger partial charge < -0.3 is 9.47 Å². The molecule has 0 fully saturated rings. The van der Waals surface area contributed by atoms with Gasteiger partial charge in [-0.25, -0.2) is 5.43 Å². The molecule has 0 aromatic heterocycles. The summed E-state index contributed by atoms with van der Waals surface area (Å²) in [6.45, 7) is -0.298. The summed E-state index contributed by atoms with van der Waals surface area (Å²) in [5.74, 6) is -0.0856. The van der Waals surface area contributed by atoms with E-state index in [0.717, 1.165) is 18.2 Å². The molecular weight excluding hydrogens is 456 g/mol. The molecule has 0 heterocycles. The van der Waals surface area contributed by atoms with Crippen molar-refractivity contribution >= 4 is 35.1 Å². The molecule has 0 spiro atoms. The summed E-state index contributed by atoms with van der Waals surface area (Å²) >= 11 is 5.95. The Kier molecular flexibility index (Phi) is 7.50. The van der Waals surface area contributed by atoms with E-state index in [0.29, 0.717) is 16.3 Å². The molecule has 168 valence electrons. The number of benzene rings is 3. The zero-order valence-corrected chi connectivity index (χ0v) is 17.5. The van der Waals surface area contributed by atoms with Gasteiger partial charge in [-0.3, -0.25) is 25.0 Å². The highest BCUT2D eigenvalue weighted by molar-refractivity contribution is 6.32. The van der Waals surface area contributed by atoms with Crippen LogP contribution in [0.2, 0.25) is 5.02 Å². The van der Waals surface area contributed by atoms with Crippen molar-refractivity contribution in [2.75, 3.05) is 6.61 Å². The first-order valence-corrected chi connectivity index (χ1v) is 9.61. The molecule has 0 saturated heterocycles. The van der Waals surface area contributed by atoms with Crippen LogP contribution in [0.4, 0.5) is 11.4 Å². The van der Waals surface area contributed by atoms with E-state index < -0.39 is 27.1 Å². The van der Waals surface area contributed by atoms with Gasteiger partial charge >= 0.3 is 5.69 Å². The molecule has 3 aromatic carbocycles. The number of ether oxygens (including phenoxy) is 2. The molecule has 0 saturated carbocycles. The van der Waals surface area contributed by atoms with Crippen molar-refractivity contribution in [1.29, 1.82) is 0 Å². The number of carbonyl (C=O) groups excluding carboxylic acids is 1. The van der Waals surface area contributed by atoms with Gasteiger partial charge in [-0.2, -0.15) is 5.10 Å². The molecule has 0 radical (unpaired) electrons. The van der Waals surface area contributed by atoms with Crippen LogP contribution in [0.3, 0.4) is 0 Å². The Morgan fingerprint density at radius 3 is 2.52 bits per heavy atom. The minimum absolute atomic E-state index is 0.162. The van der Waals surface area contributed by atoms with Gasteiger partial charge in [0.15, 0.2) is 6.61 Å². The zero-order chi connectivity index (χ0) is 23.8. The summed E-state index contributed by atoms with van der Waals surface area (Å²) in [4.78, 5) is 32.5. The van der Waals surface area contributed by atoms with Gasteiger partial charge in [0.2, 0.25) is 5.75 Å². The van der Waals surface area contributed by atoms with E-state index in [1.165, 1.54) is 12.3 Å². The third-order valence-corrected chi connectivity index (χ3v) is 4.35. The topological polar surface area (TPSA) is 146 Å². The Morgan fingerprint density at radius 1 is 1.00 bits per heavy atom. The average molecular weight is 471 g/mol. The van der Waals surface area contributed by atoms with Crippen molar-refractivity contribution in [1.82, 2.24) is 5.43 Å². The van der Waals surface area contributed by atoms with Gasteiger partial charge in [-0.1, -0.05) is 35.9 Å². The van der Waals surface area contributed by atoms with Crippen LogP contribution in [0.1, 0.15) is 5.56 Å². The van der Waals surface area contributed by atoms with Crippen molar-refractivity contribution in [3.63, 3.8) is 0 Å². The molecule has 0 bridgehead atoms. The third-order valence-electron chi connectivity index (χ3n) is 4.03. The highest BCUT2D eigenvalue weighted by Crippen LogP contribution is 2.34. The lowest BCUT2D eigenvalue weighted by molar-refractivity contribution is -0.394. The second kappa shape index (κ2) is 10.7. The van der Waals surface area contributed by atoms with Gasteiger partial charge in [0.05, 0.1) is 27.2 Å². The van der Waals surface area contributed by atoms with E-state index in [-0.39, 0.29) is 18.1 Å².